The van der Waals surface area contributed by atoms with Crippen molar-refractivity contribution in [2.24, 2.45) is 0 Å². The molecule has 2 N–H and O–H groups in total. The quantitative estimate of drug-likeness (QED) is 0.385. The summed E-state index contributed by atoms with van der Waals surface area (Å²) >= 11 is 0. The molecule has 34 heavy (non-hydrogen) atoms. The highest BCUT2D eigenvalue weighted by atomic mass is 16.5. The van der Waals surface area contributed by atoms with Gasteiger partial charge in [0.15, 0.2) is 0 Å². The van der Waals surface area contributed by atoms with Crippen LogP contribution in [0.1, 0.15) is 37.0 Å². The zero-order valence-corrected chi connectivity index (χ0v) is 20.5. The van der Waals surface area contributed by atoms with Crippen molar-refractivity contribution in [3.05, 3.63) is 77.4 Å². The predicted molar refractivity (Wildman–Crippen MR) is 134 cm³/mol. The third kappa shape index (κ3) is 5.51. The molecule has 0 aliphatic rings. The molecule has 6 nitrogen and oxygen atoms in total. The van der Waals surface area contributed by atoms with E-state index in [0.29, 0.717) is 30.3 Å². The van der Waals surface area contributed by atoms with Crippen molar-refractivity contribution in [1.82, 2.24) is 5.32 Å². The second kappa shape index (κ2) is 11.1. The van der Waals surface area contributed by atoms with Crippen LogP contribution in [0.2, 0.25) is 0 Å². The van der Waals surface area contributed by atoms with E-state index in [0.717, 1.165) is 11.1 Å². The first-order valence-electron chi connectivity index (χ1n) is 11.3. The van der Waals surface area contributed by atoms with Crippen LogP contribution in [0.5, 0.6) is 17.2 Å². The highest BCUT2D eigenvalue weighted by Crippen LogP contribution is 2.35. The van der Waals surface area contributed by atoms with E-state index in [4.69, 9.17) is 14.2 Å². The zero-order chi connectivity index (χ0) is 24.7. The van der Waals surface area contributed by atoms with Gasteiger partial charge in [0.25, 0.3) is 0 Å². The zero-order valence-electron chi connectivity index (χ0n) is 20.5. The Balaban J connectivity index is 1.82. The predicted octanol–water partition coefficient (Wildman–Crippen LogP) is 5.60. The number of aliphatic carboxylic acids is 1. The molecule has 0 radical (unpaired) electrons. The van der Waals surface area contributed by atoms with E-state index in [1.165, 1.54) is 16.7 Å². The molecule has 0 amide bonds. The summed E-state index contributed by atoms with van der Waals surface area (Å²) < 4.78 is 17.3. The topological polar surface area (TPSA) is 77.0 Å². The highest BCUT2D eigenvalue weighted by Gasteiger charge is 2.31. The first-order chi connectivity index (χ1) is 16.3. The summed E-state index contributed by atoms with van der Waals surface area (Å²) in [5.41, 5.74) is 4.29. The number of nitrogens with one attached hydrogen (secondary N) is 1. The Morgan fingerprint density at radius 2 is 1.65 bits per heavy atom. The summed E-state index contributed by atoms with van der Waals surface area (Å²) in [5.74, 6) is 0.848. The van der Waals surface area contributed by atoms with Crippen molar-refractivity contribution in [3.63, 3.8) is 0 Å². The van der Waals surface area contributed by atoms with Crippen LogP contribution >= 0.6 is 0 Å². The third-order valence-corrected chi connectivity index (χ3v) is 6.34. The summed E-state index contributed by atoms with van der Waals surface area (Å²) in [4.78, 5) is 11.7. The van der Waals surface area contributed by atoms with Gasteiger partial charge < -0.3 is 19.3 Å². The van der Waals surface area contributed by atoms with Gasteiger partial charge in [0.2, 0.25) is 0 Å². The van der Waals surface area contributed by atoms with E-state index in [9.17, 15) is 9.90 Å². The van der Waals surface area contributed by atoms with Crippen molar-refractivity contribution >= 4 is 5.97 Å². The number of ether oxygens (including phenoxy) is 3. The van der Waals surface area contributed by atoms with Gasteiger partial charge in [-0.05, 0) is 42.5 Å². The van der Waals surface area contributed by atoms with Crippen molar-refractivity contribution < 1.29 is 24.1 Å². The van der Waals surface area contributed by atoms with Crippen LogP contribution in [-0.2, 0) is 17.9 Å². The number of methoxy groups -OCH3 is 2. The summed E-state index contributed by atoms with van der Waals surface area (Å²) in [5, 5.41) is 12.7. The molecule has 180 valence electrons. The number of hydrogen-bond donors (Lipinski definition) is 2. The van der Waals surface area contributed by atoms with E-state index in [1.807, 2.05) is 31.2 Å². The van der Waals surface area contributed by atoms with Crippen LogP contribution < -0.4 is 19.5 Å². The van der Waals surface area contributed by atoms with Crippen molar-refractivity contribution in [1.29, 1.82) is 0 Å². The Labute approximate surface area is 201 Å². The number of carboxylic acid groups (broad SMARTS) is 1. The maximum absolute atomic E-state index is 11.7. The van der Waals surface area contributed by atoms with Crippen molar-refractivity contribution in [2.45, 2.75) is 45.9 Å². The first-order valence-corrected chi connectivity index (χ1v) is 11.3. The number of benzene rings is 3. The molecule has 6 heteroatoms. The average Bonchev–Trinajstić information content (AvgIpc) is 2.86. The number of rotatable bonds is 11. The molecule has 0 saturated carbocycles. The number of carboxylic acids is 1. The molecule has 0 bridgehead atoms. The van der Waals surface area contributed by atoms with E-state index in [-0.39, 0.29) is 6.54 Å². The average molecular weight is 464 g/mol. The molecule has 3 rings (SSSR count). The van der Waals surface area contributed by atoms with E-state index < -0.39 is 11.5 Å². The fourth-order valence-corrected chi connectivity index (χ4v) is 3.78. The standard InChI is InChI=1S/C28H33NO5/c1-6-28(3,27(30)31)29-17-24-25(32-4)15-22(16-26(24)33-5)34-18-21-13-10-14-23(19(21)2)20-11-8-7-9-12-20/h7-16,29H,6,17-18H2,1-5H3,(H,30,31)/t28-/m1/s1. The number of carbonyl (C=O) groups is 1. The molecule has 0 aliphatic heterocycles. The fourth-order valence-electron chi connectivity index (χ4n) is 3.78. The fraction of sp³-hybridized carbons (Fsp3) is 0.321. The lowest BCUT2D eigenvalue weighted by Gasteiger charge is -2.26. The molecule has 0 fully saturated rings. The lowest BCUT2D eigenvalue weighted by atomic mass is 9.97. The Morgan fingerprint density at radius 1 is 1.00 bits per heavy atom. The Kier molecular flexibility index (Phi) is 8.18. The van der Waals surface area contributed by atoms with Crippen LogP contribution in [0.3, 0.4) is 0 Å². The normalized spacial score (nSPS) is 12.6. The molecule has 1 atom stereocenters. The molecular weight excluding hydrogens is 430 g/mol. The van der Waals surface area contributed by atoms with Crippen LogP contribution in [0.4, 0.5) is 0 Å². The lowest BCUT2D eigenvalue weighted by molar-refractivity contribution is -0.144. The van der Waals surface area contributed by atoms with Gasteiger partial charge >= 0.3 is 5.97 Å². The van der Waals surface area contributed by atoms with Gasteiger partial charge in [0, 0.05) is 18.7 Å². The van der Waals surface area contributed by atoms with Crippen LogP contribution in [0, 0.1) is 6.92 Å². The first kappa shape index (κ1) is 25.1. The number of hydrogen-bond acceptors (Lipinski definition) is 5. The van der Waals surface area contributed by atoms with Gasteiger partial charge in [-0.3, -0.25) is 10.1 Å². The van der Waals surface area contributed by atoms with E-state index in [1.54, 1.807) is 33.3 Å². The van der Waals surface area contributed by atoms with Gasteiger partial charge in [0.05, 0.1) is 19.8 Å². The monoisotopic (exact) mass is 463 g/mol. The van der Waals surface area contributed by atoms with Gasteiger partial charge in [-0.15, -0.1) is 0 Å². The van der Waals surface area contributed by atoms with Crippen molar-refractivity contribution in [2.75, 3.05) is 14.2 Å². The summed E-state index contributed by atoms with van der Waals surface area (Å²) in [6.07, 6.45) is 0.440. The molecular formula is C28H33NO5. The molecule has 3 aromatic rings. The summed E-state index contributed by atoms with van der Waals surface area (Å²) in [6, 6.07) is 20.1. The second-order valence-corrected chi connectivity index (χ2v) is 8.40. The van der Waals surface area contributed by atoms with Gasteiger partial charge in [-0.25, -0.2) is 0 Å². The minimum atomic E-state index is -1.05. The van der Waals surface area contributed by atoms with Crippen molar-refractivity contribution in [3.8, 4) is 28.4 Å². The molecule has 0 saturated heterocycles. The molecule has 0 heterocycles. The highest BCUT2D eigenvalue weighted by molar-refractivity contribution is 5.78. The van der Waals surface area contributed by atoms with E-state index in [2.05, 4.69) is 36.5 Å². The third-order valence-electron chi connectivity index (χ3n) is 6.34. The van der Waals surface area contributed by atoms with Crippen LogP contribution in [-0.4, -0.2) is 30.8 Å². The molecule has 0 unspecified atom stereocenters. The van der Waals surface area contributed by atoms with Crippen LogP contribution in [0.15, 0.2) is 60.7 Å². The summed E-state index contributed by atoms with van der Waals surface area (Å²) in [7, 11) is 3.15. The van der Waals surface area contributed by atoms with Gasteiger partial charge in [0.1, 0.15) is 29.4 Å². The molecule has 3 aromatic carbocycles. The largest absolute Gasteiger partial charge is 0.496 e. The minimum Gasteiger partial charge on any atom is -0.496 e. The SMILES string of the molecule is CC[C@@](C)(NCc1c(OC)cc(OCc2cccc(-c3ccccc3)c2C)cc1OC)C(=O)O. The molecule has 0 spiro atoms. The second-order valence-electron chi connectivity index (χ2n) is 8.40. The molecule has 0 aliphatic carbocycles. The van der Waals surface area contributed by atoms with Gasteiger partial charge in [-0.1, -0.05) is 55.5 Å². The smallest absolute Gasteiger partial charge is 0.323 e. The maximum atomic E-state index is 11.7. The Bertz CT molecular complexity index is 1100. The molecule has 0 aromatic heterocycles. The van der Waals surface area contributed by atoms with Gasteiger partial charge in [-0.2, -0.15) is 0 Å². The van der Waals surface area contributed by atoms with E-state index >= 15 is 0 Å². The minimum absolute atomic E-state index is 0.279. The van der Waals surface area contributed by atoms with Crippen LogP contribution in [0.25, 0.3) is 11.1 Å². The summed E-state index contributed by atoms with van der Waals surface area (Å²) in [6.45, 7) is 6.27. The Morgan fingerprint density at radius 3 is 2.21 bits per heavy atom. The maximum Gasteiger partial charge on any atom is 0.323 e. The Hall–Kier alpha value is -3.51. The lowest BCUT2D eigenvalue weighted by Crippen LogP contribution is -2.48.